The quantitative estimate of drug-likeness (QED) is 0.719. The molecule has 0 unspecified atom stereocenters. The van der Waals surface area contributed by atoms with Crippen molar-refractivity contribution in [2.75, 3.05) is 14.2 Å². The highest BCUT2D eigenvalue weighted by Crippen LogP contribution is 2.15. The van der Waals surface area contributed by atoms with Gasteiger partial charge in [0.25, 0.3) is 0 Å². The monoisotopic (exact) mass is 261 g/mol. The molecule has 0 bridgehead atoms. The third-order valence-electron chi connectivity index (χ3n) is 2.32. The fourth-order valence-electron chi connectivity index (χ4n) is 1.46. The third kappa shape index (κ3) is 2.57. The number of hydrogen-bond acceptors (Lipinski definition) is 7. The molecule has 8 heteroatoms. The summed E-state index contributed by atoms with van der Waals surface area (Å²) in [7, 11) is 2.49. The molecule has 1 heterocycles. The molecule has 0 amide bonds. The van der Waals surface area contributed by atoms with E-state index in [-0.39, 0.29) is 11.1 Å². The Morgan fingerprint density at radius 1 is 1.11 bits per heavy atom. The van der Waals surface area contributed by atoms with Crippen molar-refractivity contribution in [1.82, 2.24) is 20.2 Å². The average Bonchev–Trinajstić information content (AvgIpc) is 2.99. The molecule has 97 valence electrons. The number of ether oxygens (including phenoxy) is 2. The molecule has 0 aliphatic carbocycles. The smallest absolute Gasteiger partial charge is 0.337 e. The van der Waals surface area contributed by atoms with Crippen LogP contribution in [0.1, 0.15) is 20.7 Å². The lowest BCUT2D eigenvalue weighted by Crippen LogP contribution is -2.09. The molecule has 1 aromatic heterocycles. The number of carbonyl (C=O) groups is 2. The summed E-state index contributed by atoms with van der Waals surface area (Å²) in [6.45, 7) is 0. The summed E-state index contributed by atoms with van der Waals surface area (Å²) in [5.41, 5.74) is 0.766. The lowest BCUT2D eigenvalue weighted by atomic mass is 10.1. The van der Waals surface area contributed by atoms with Crippen LogP contribution in [0.2, 0.25) is 0 Å². The molecule has 0 saturated heterocycles. The van der Waals surface area contributed by atoms with Gasteiger partial charge < -0.3 is 9.47 Å². The van der Waals surface area contributed by atoms with Gasteiger partial charge in [-0.25, -0.2) is 9.59 Å². The molecule has 0 aliphatic rings. The van der Waals surface area contributed by atoms with E-state index in [2.05, 4.69) is 31.3 Å². The maximum absolute atomic E-state index is 11.6. The highest BCUT2D eigenvalue weighted by molar-refractivity contribution is 5.96. The van der Waals surface area contributed by atoms with Crippen LogP contribution in [-0.4, -0.2) is 46.4 Å². The number of hydrogen-bond donors (Lipinski definition) is 0. The summed E-state index contributed by atoms with van der Waals surface area (Å²) in [5.74, 6) is -1.17. The minimum atomic E-state index is -0.583. The summed E-state index contributed by atoms with van der Waals surface area (Å²) >= 11 is 0. The number of nitrogens with zero attached hydrogens (tertiary/aromatic N) is 4. The first-order valence-electron chi connectivity index (χ1n) is 5.14. The van der Waals surface area contributed by atoms with E-state index in [0.29, 0.717) is 5.69 Å². The lowest BCUT2D eigenvalue weighted by Gasteiger charge is -2.06. The predicted molar refractivity (Wildman–Crippen MR) is 60.7 cm³/mol. The van der Waals surface area contributed by atoms with Crippen LogP contribution in [0.15, 0.2) is 18.2 Å². The van der Waals surface area contributed by atoms with Crippen LogP contribution in [0.3, 0.4) is 0 Å². The SMILES string of the molecule is COC(=O)c1cc(C(=O)OC)cc(-n2[c]nnn2)c1. The van der Waals surface area contributed by atoms with Gasteiger partial charge in [-0.1, -0.05) is 0 Å². The Kier molecular flexibility index (Phi) is 3.51. The Hall–Kier alpha value is -2.77. The number of tetrazole rings is 1. The van der Waals surface area contributed by atoms with Gasteiger partial charge in [-0.05, 0) is 28.6 Å². The Balaban J connectivity index is 2.55. The van der Waals surface area contributed by atoms with Crippen molar-refractivity contribution < 1.29 is 19.1 Å². The third-order valence-corrected chi connectivity index (χ3v) is 2.32. The molecular formula is C11H9N4O4. The Labute approximate surface area is 107 Å². The molecule has 2 aromatic rings. The zero-order valence-electron chi connectivity index (χ0n) is 10.2. The van der Waals surface area contributed by atoms with Gasteiger partial charge in [-0.2, -0.15) is 4.68 Å². The predicted octanol–water partition coefficient (Wildman–Crippen LogP) is 0.0357. The van der Waals surface area contributed by atoms with Gasteiger partial charge in [0.15, 0.2) is 0 Å². The van der Waals surface area contributed by atoms with E-state index in [1.165, 1.54) is 37.1 Å². The molecule has 0 N–H and O–H groups in total. The van der Waals surface area contributed by atoms with E-state index in [0.717, 1.165) is 0 Å². The van der Waals surface area contributed by atoms with Crippen molar-refractivity contribution in [2.45, 2.75) is 0 Å². The molecule has 8 nitrogen and oxygen atoms in total. The number of benzene rings is 1. The molecule has 0 atom stereocenters. The van der Waals surface area contributed by atoms with Crippen LogP contribution in [-0.2, 0) is 9.47 Å². The Morgan fingerprint density at radius 3 is 2.11 bits per heavy atom. The van der Waals surface area contributed by atoms with Gasteiger partial charge in [0.2, 0.25) is 6.33 Å². The van der Waals surface area contributed by atoms with Crippen molar-refractivity contribution in [2.24, 2.45) is 0 Å². The van der Waals surface area contributed by atoms with Gasteiger partial charge in [0.05, 0.1) is 31.0 Å². The molecule has 19 heavy (non-hydrogen) atoms. The van der Waals surface area contributed by atoms with Crippen molar-refractivity contribution >= 4 is 11.9 Å². The average molecular weight is 261 g/mol. The largest absolute Gasteiger partial charge is 0.465 e. The first-order valence-corrected chi connectivity index (χ1v) is 5.14. The maximum Gasteiger partial charge on any atom is 0.337 e. The van der Waals surface area contributed by atoms with Crippen LogP contribution >= 0.6 is 0 Å². The number of aromatic nitrogens is 4. The molecule has 0 saturated carbocycles. The van der Waals surface area contributed by atoms with Gasteiger partial charge >= 0.3 is 11.9 Å². The van der Waals surface area contributed by atoms with Crippen LogP contribution < -0.4 is 0 Å². The zero-order chi connectivity index (χ0) is 13.8. The summed E-state index contributed by atoms with van der Waals surface area (Å²) in [6.07, 6.45) is 2.46. The molecule has 0 fully saturated rings. The fourth-order valence-corrected chi connectivity index (χ4v) is 1.46. The van der Waals surface area contributed by atoms with Gasteiger partial charge in [0.1, 0.15) is 0 Å². The summed E-state index contributed by atoms with van der Waals surface area (Å²) in [5, 5.41) is 10.4. The van der Waals surface area contributed by atoms with Crippen LogP contribution in [0.5, 0.6) is 0 Å². The molecule has 2 rings (SSSR count). The van der Waals surface area contributed by atoms with E-state index in [4.69, 9.17) is 0 Å². The van der Waals surface area contributed by atoms with Gasteiger partial charge in [-0.3, -0.25) is 0 Å². The van der Waals surface area contributed by atoms with Crippen LogP contribution in [0, 0.1) is 6.33 Å². The van der Waals surface area contributed by atoms with E-state index >= 15 is 0 Å². The second-order valence-electron chi connectivity index (χ2n) is 3.44. The molecule has 0 spiro atoms. The lowest BCUT2D eigenvalue weighted by molar-refractivity contribution is 0.0599. The molecule has 1 radical (unpaired) electrons. The number of rotatable bonds is 3. The highest BCUT2D eigenvalue weighted by atomic mass is 16.5. The van der Waals surface area contributed by atoms with E-state index < -0.39 is 11.9 Å². The van der Waals surface area contributed by atoms with E-state index in [1.54, 1.807) is 0 Å². The first-order chi connectivity index (χ1) is 9.15. The number of esters is 2. The van der Waals surface area contributed by atoms with Crippen molar-refractivity contribution in [3.63, 3.8) is 0 Å². The zero-order valence-corrected chi connectivity index (χ0v) is 10.2. The standard InChI is InChI=1S/C11H9N4O4/c1-18-10(16)7-3-8(11(17)19-2)5-9(4-7)15-6-12-13-14-15/h3-5H,1-2H3. The summed E-state index contributed by atoms with van der Waals surface area (Å²) < 4.78 is 10.4. The Morgan fingerprint density at radius 2 is 1.68 bits per heavy atom. The molecular weight excluding hydrogens is 252 g/mol. The minimum absolute atomic E-state index is 0.185. The van der Waals surface area contributed by atoms with Crippen molar-refractivity contribution in [1.29, 1.82) is 0 Å². The second-order valence-corrected chi connectivity index (χ2v) is 3.44. The fraction of sp³-hybridized carbons (Fsp3) is 0.182. The number of methoxy groups -OCH3 is 2. The van der Waals surface area contributed by atoms with Crippen LogP contribution in [0.25, 0.3) is 5.69 Å². The van der Waals surface area contributed by atoms with Crippen LogP contribution in [0.4, 0.5) is 0 Å². The highest BCUT2D eigenvalue weighted by Gasteiger charge is 2.15. The minimum Gasteiger partial charge on any atom is -0.465 e. The summed E-state index contributed by atoms with van der Waals surface area (Å²) in [4.78, 5) is 23.1. The van der Waals surface area contributed by atoms with Gasteiger partial charge in [0, 0.05) is 0 Å². The maximum atomic E-state index is 11.6. The first kappa shape index (κ1) is 12.7. The molecule has 1 aromatic carbocycles. The number of carbonyl (C=O) groups excluding carboxylic acids is 2. The Bertz CT molecular complexity index is 575. The van der Waals surface area contributed by atoms with E-state index in [1.807, 2.05) is 0 Å². The van der Waals surface area contributed by atoms with Gasteiger partial charge in [-0.15, -0.1) is 5.10 Å². The van der Waals surface area contributed by atoms with Crippen molar-refractivity contribution in [3.05, 3.63) is 35.7 Å². The summed E-state index contributed by atoms with van der Waals surface area (Å²) in [6, 6.07) is 4.32. The normalized spacial score (nSPS) is 10.0. The second kappa shape index (κ2) is 5.25. The van der Waals surface area contributed by atoms with E-state index in [9.17, 15) is 9.59 Å². The van der Waals surface area contributed by atoms with Crippen molar-refractivity contribution in [3.8, 4) is 5.69 Å². The topological polar surface area (TPSA) is 96.2 Å². The molecule has 0 aliphatic heterocycles.